The minimum atomic E-state index is 0.131. The predicted molar refractivity (Wildman–Crippen MR) is 109 cm³/mol. The average molecular weight is 377 g/mol. The van der Waals surface area contributed by atoms with E-state index in [-0.39, 0.29) is 5.75 Å². The van der Waals surface area contributed by atoms with Crippen molar-refractivity contribution >= 4 is 34.6 Å². The fraction of sp³-hybridized carbons (Fsp3) is 0.0909. The van der Waals surface area contributed by atoms with E-state index in [0.29, 0.717) is 16.5 Å². The molecule has 4 aromatic rings. The van der Waals surface area contributed by atoms with E-state index in [2.05, 4.69) is 9.98 Å². The van der Waals surface area contributed by atoms with Gasteiger partial charge in [-0.25, -0.2) is 4.98 Å². The molecule has 4 rings (SSSR count). The first-order valence-electron chi connectivity index (χ1n) is 8.51. The molecule has 0 aliphatic heterocycles. The number of nitrogens with zero attached hydrogens (tertiary/aromatic N) is 2. The van der Waals surface area contributed by atoms with Crippen molar-refractivity contribution in [2.45, 2.75) is 13.8 Å². The number of hydrogen-bond acceptors (Lipinski definition) is 4. The Balaban J connectivity index is 1.73. The smallest absolute Gasteiger partial charge is 0.227 e. The number of phenolic OH excluding ortho intramolecular Hbond substituents is 1. The first-order chi connectivity index (χ1) is 13.0. The Morgan fingerprint density at radius 1 is 1.04 bits per heavy atom. The topological polar surface area (TPSA) is 58.6 Å². The highest BCUT2D eigenvalue weighted by atomic mass is 35.5. The van der Waals surface area contributed by atoms with Crippen LogP contribution in [0.15, 0.2) is 64.0 Å². The Morgan fingerprint density at radius 2 is 1.89 bits per heavy atom. The van der Waals surface area contributed by atoms with Gasteiger partial charge in [-0.2, -0.15) is 0 Å². The molecule has 3 aromatic carbocycles. The Morgan fingerprint density at radius 3 is 2.70 bits per heavy atom. The van der Waals surface area contributed by atoms with Gasteiger partial charge in [0.2, 0.25) is 5.89 Å². The molecule has 0 spiro atoms. The maximum Gasteiger partial charge on any atom is 0.227 e. The summed E-state index contributed by atoms with van der Waals surface area (Å²) >= 11 is 5.99. The van der Waals surface area contributed by atoms with E-state index in [1.54, 1.807) is 24.4 Å². The summed E-state index contributed by atoms with van der Waals surface area (Å²) in [6.07, 6.45) is 1.60. The van der Waals surface area contributed by atoms with Crippen LogP contribution in [0.4, 0.5) is 5.69 Å². The molecule has 0 amide bonds. The van der Waals surface area contributed by atoms with Crippen LogP contribution >= 0.6 is 11.6 Å². The summed E-state index contributed by atoms with van der Waals surface area (Å²) in [4.78, 5) is 9.14. The van der Waals surface area contributed by atoms with Gasteiger partial charge in [-0.15, -0.1) is 0 Å². The third-order valence-electron chi connectivity index (χ3n) is 4.41. The molecule has 0 saturated heterocycles. The van der Waals surface area contributed by atoms with Gasteiger partial charge in [0.25, 0.3) is 0 Å². The van der Waals surface area contributed by atoms with Crippen molar-refractivity contribution in [1.82, 2.24) is 4.98 Å². The third-order valence-corrected chi connectivity index (χ3v) is 4.64. The largest absolute Gasteiger partial charge is 0.507 e. The van der Waals surface area contributed by atoms with Gasteiger partial charge in [-0.3, -0.25) is 4.99 Å². The van der Waals surface area contributed by atoms with Crippen molar-refractivity contribution in [2.75, 3.05) is 0 Å². The van der Waals surface area contributed by atoms with Crippen LogP contribution in [0, 0.1) is 13.8 Å². The lowest BCUT2D eigenvalue weighted by Crippen LogP contribution is -1.84. The number of aryl methyl sites for hydroxylation is 2. The lowest BCUT2D eigenvalue weighted by atomic mass is 10.1. The third kappa shape index (κ3) is 3.44. The number of aromatic nitrogens is 1. The van der Waals surface area contributed by atoms with Crippen LogP contribution in [0.2, 0.25) is 5.02 Å². The quantitative estimate of drug-likeness (QED) is 0.432. The number of aromatic hydroxyl groups is 1. The van der Waals surface area contributed by atoms with Gasteiger partial charge in [-0.1, -0.05) is 29.8 Å². The Bertz CT molecular complexity index is 1180. The summed E-state index contributed by atoms with van der Waals surface area (Å²) < 4.78 is 5.91. The number of halogens is 1. The van der Waals surface area contributed by atoms with Crippen LogP contribution in [0.1, 0.15) is 16.7 Å². The van der Waals surface area contributed by atoms with Gasteiger partial charge in [0.1, 0.15) is 11.3 Å². The molecule has 1 N–H and O–H groups in total. The number of para-hydroxylation sites is 1. The zero-order valence-electron chi connectivity index (χ0n) is 14.9. The Labute approximate surface area is 161 Å². The summed E-state index contributed by atoms with van der Waals surface area (Å²) in [5.41, 5.74) is 5.88. The molecule has 0 aliphatic carbocycles. The van der Waals surface area contributed by atoms with Crippen molar-refractivity contribution in [1.29, 1.82) is 0 Å². The molecule has 0 radical (unpaired) electrons. The molecule has 134 valence electrons. The van der Waals surface area contributed by atoms with Crippen molar-refractivity contribution in [3.63, 3.8) is 0 Å². The zero-order valence-corrected chi connectivity index (χ0v) is 15.7. The number of fused-ring (bicyclic) bond motifs is 1. The van der Waals surface area contributed by atoms with Gasteiger partial charge >= 0.3 is 0 Å². The highest BCUT2D eigenvalue weighted by Gasteiger charge is 2.11. The van der Waals surface area contributed by atoms with E-state index >= 15 is 0 Å². The molecule has 4 nitrogen and oxygen atoms in total. The molecule has 0 aliphatic rings. The lowest BCUT2D eigenvalue weighted by Gasteiger charge is -2.03. The van der Waals surface area contributed by atoms with Crippen LogP contribution in [0.5, 0.6) is 5.75 Å². The van der Waals surface area contributed by atoms with Crippen LogP contribution in [-0.2, 0) is 0 Å². The monoisotopic (exact) mass is 376 g/mol. The van der Waals surface area contributed by atoms with Gasteiger partial charge < -0.3 is 9.52 Å². The second-order valence-corrected chi connectivity index (χ2v) is 6.84. The molecule has 0 saturated carbocycles. The number of hydrogen-bond donors (Lipinski definition) is 1. The fourth-order valence-corrected chi connectivity index (χ4v) is 3.04. The van der Waals surface area contributed by atoms with Crippen LogP contribution in [0.25, 0.3) is 22.6 Å². The maximum absolute atomic E-state index is 9.95. The van der Waals surface area contributed by atoms with Crippen LogP contribution in [-0.4, -0.2) is 16.3 Å². The van der Waals surface area contributed by atoms with Crippen LogP contribution in [0.3, 0.4) is 0 Å². The second-order valence-electron chi connectivity index (χ2n) is 6.40. The van der Waals surface area contributed by atoms with E-state index in [0.717, 1.165) is 33.5 Å². The van der Waals surface area contributed by atoms with Gasteiger partial charge in [0.05, 0.1) is 5.69 Å². The van der Waals surface area contributed by atoms with E-state index in [4.69, 9.17) is 16.0 Å². The molecular weight excluding hydrogens is 360 g/mol. The van der Waals surface area contributed by atoms with E-state index in [1.807, 2.05) is 50.2 Å². The molecule has 0 atom stereocenters. The molecule has 0 bridgehead atoms. The maximum atomic E-state index is 9.95. The zero-order chi connectivity index (χ0) is 19.0. The Kier molecular flexibility index (Phi) is 4.42. The van der Waals surface area contributed by atoms with E-state index in [1.165, 1.54) is 0 Å². The van der Waals surface area contributed by atoms with Crippen molar-refractivity contribution in [2.24, 2.45) is 4.99 Å². The molecule has 5 heteroatoms. The number of benzene rings is 3. The molecule has 1 aromatic heterocycles. The number of phenols is 1. The van der Waals surface area contributed by atoms with E-state index < -0.39 is 0 Å². The molecule has 27 heavy (non-hydrogen) atoms. The first-order valence-corrected chi connectivity index (χ1v) is 8.89. The summed E-state index contributed by atoms with van der Waals surface area (Å²) in [6.45, 7) is 3.99. The normalized spacial score (nSPS) is 11.5. The van der Waals surface area contributed by atoms with Crippen molar-refractivity contribution < 1.29 is 9.52 Å². The summed E-state index contributed by atoms with van der Waals surface area (Å²) in [5.74, 6) is 0.688. The standard InChI is InChI=1S/C22H17ClN2O2/c1-13-6-7-15(22-25-21-14(2)4-3-5-20(21)27-22)11-18(13)24-12-16-10-17(23)8-9-19(16)26/h3-12,26H,1-2H3. The van der Waals surface area contributed by atoms with Gasteiger partial charge in [0.15, 0.2) is 5.58 Å². The average Bonchev–Trinajstić information content (AvgIpc) is 3.09. The predicted octanol–water partition coefficient (Wildman–Crippen LogP) is 6.22. The van der Waals surface area contributed by atoms with Gasteiger partial charge in [0, 0.05) is 22.4 Å². The molecular formula is C22H17ClN2O2. The summed E-state index contributed by atoms with van der Waals surface area (Å²) in [6, 6.07) is 16.6. The molecule has 1 heterocycles. The first kappa shape index (κ1) is 17.3. The van der Waals surface area contributed by atoms with Gasteiger partial charge in [-0.05, 0) is 61.4 Å². The highest BCUT2D eigenvalue weighted by Crippen LogP contribution is 2.30. The number of aliphatic imine (C=N–C) groups is 1. The van der Waals surface area contributed by atoms with Crippen molar-refractivity contribution in [3.8, 4) is 17.2 Å². The number of rotatable bonds is 3. The fourth-order valence-electron chi connectivity index (χ4n) is 2.86. The van der Waals surface area contributed by atoms with Crippen LogP contribution < -0.4 is 0 Å². The van der Waals surface area contributed by atoms with E-state index in [9.17, 15) is 5.11 Å². The highest BCUT2D eigenvalue weighted by molar-refractivity contribution is 6.30. The van der Waals surface area contributed by atoms with Crippen molar-refractivity contribution in [3.05, 3.63) is 76.3 Å². The Hall–Kier alpha value is -3.11. The number of oxazole rings is 1. The minimum Gasteiger partial charge on any atom is -0.507 e. The molecule has 0 fully saturated rings. The minimum absolute atomic E-state index is 0.131. The molecule has 0 unspecified atom stereocenters. The SMILES string of the molecule is Cc1ccc(-c2nc3c(C)cccc3o2)cc1N=Cc1cc(Cl)ccc1O. The second kappa shape index (κ2) is 6.89. The summed E-state index contributed by atoms with van der Waals surface area (Å²) in [5, 5.41) is 10.5. The lowest BCUT2D eigenvalue weighted by molar-refractivity contribution is 0.474. The summed E-state index contributed by atoms with van der Waals surface area (Å²) in [7, 11) is 0.